The highest BCUT2D eigenvalue weighted by molar-refractivity contribution is 9.09. The molecule has 0 amide bonds. The summed E-state index contributed by atoms with van der Waals surface area (Å²) in [7, 11) is 0. The van der Waals surface area contributed by atoms with Crippen molar-refractivity contribution in [2.24, 2.45) is 0 Å². The molecule has 0 unspecified atom stereocenters. The minimum absolute atomic E-state index is 0.772. The Bertz CT molecular complexity index is 264. The second-order valence-electron chi connectivity index (χ2n) is 2.61. The molecule has 2 heteroatoms. The number of alkyl halides is 1. The van der Waals surface area contributed by atoms with Crippen LogP contribution in [0.15, 0.2) is 24.3 Å². The zero-order valence-corrected chi connectivity index (χ0v) is 9.41. The van der Waals surface area contributed by atoms with E-state index in [0.717, 1.165) is 22.2 Å². The molecule has 0 radical (unpaired) electrons. The molecule has 12 heavy (non-hydrogen) atoms. The maximum absolute atomic E-state index is 5.15. The number of thiocarbonyl (C=S) groups is 1. The lowest BCUT2D eigenvalue weighted by atomic mass is 10.1. The predicted molar refractivity (Wildman–Crippen MR) is 61.3 cm³/mol. The van der Waals surface area contributed by atoms with Gasteiger partial charge in [-0.05, 0) is 17.5 Å². The highest BCUT2D eigenvalue weighted by Gasteiger charge is 1.97. The molecule has 1 aromatic rings. The predicted octanol–water partition coefficient (Wildman–Crippen LogP) is 3.36. The maximum atomic E-state index is 5.15. The number of aryl methyl sites for hydroxylation is 1. The summed E-state index contributed by atoms with van der Waals surface area (Å²) < 4.78 is 0. The fraction of sp³-hybridized carbons (Fsp3) is 0.300. The Balaban J connectivity index is 2.84. The van der Waals surface area contributed by atoms with Gasteiger partial charge >= 0.3 is 0 Å². The first-order valence-electron chi connectivity index (χ1n) is 3.96. The van der Waals surface area contributed by atoms with Crippen molar-refractivity contribution < 1.29 is 0 Å². The first kappa shape index (κ1) is 9.87. The smallest absolute Gasteiger partial charge is 0.0391 e. The number of halogens is 1. The first-order valence-corrected chi connectivity index (χ1v) is 5.49. The van der Waals surface area contributed by atoms with Crippen molar-refractivity contribution in [3.05, 3.63) is 35.4 Å². The molecule has 0 heterocycles. The molecule has 0 saturated carbocycles. The van der Waals surface area contributed by atoms with Crippen LogP contribution in [-0.2, 0) is 6.42 Å². The van der Waals surface area contributed by atoms with Crippen molar-refractivity contribution in [2.45, 2.75) is 13.3 Å². The standard InChI is InChI=1S/C10H11BrS/c1-2-8-3-5-9(6-4-8)10(12)7-11/h3-6H,2,7H2,1H3. The molecule has 0 aliphatic rings. The van der Waals surface area contributed by atoms with Crippen molar-refractivity contribution in [1.82, 2.24) is 0 Å². The van der Waals surface area contributed by atoms with Crippen LogP contribution in [0.2, 0.25) is 0 Å². The maximum Gasteiger partial charge on any atom is 0.0391 e. The molecule has 0 spiro atoms. The number of benzene rings is 1. The van der Waals surface area contributed by atoms with Gasteiger partial charge in [0.2, 0.25) is 0 Å². The zero-order chi connectivity index (χ0) is 8.97. The molecule has 0 aromatic heterocycles. The summed E-state index contributed by atoms with van der Waals surface area (Å²) in [6, 6.07) is 8.43. The summed E-state index contributed by atoms with van der Waals surface area (Å²) >= 11 is 8.50. The van der Waals surface area contributed by atoms with Gasteiger partial charge in [0, 0.05) is 10.2 Å². The summed E-state index contributed by atoms with van der Waals surface area (Å²) in [6.07, 6.45) is 1.08. The van der Waals surface area contributed by atoms with E-state index in [2.05, 4.69) is 47.1 Å². The Kier molecular flexibility index (Phi) is 3.89. The first-order chi connectivity index (χ1) is 5.77. The van der Waals surface area contributed by atoms with E-state index < -0.39 is 0 Å². The van der Waals surface area contributed by atoms with Gasteiger partial charge in [0.05, 0.1) is 0 Å². The van der Waals surface area contributed by atoms with Crippen molar-refractivity contribution in [1.29, 1.82) is 0 Å². The van der Waals surface area contributed by atoms with Crippen LogP contribution >= 0.6 is 28.1 Å². The number of hydrogen-bond donors (Lipinski definition) is 0. The summed E-state index contributed by atoms with van der Waals surface area (Å²) in [5.74, 6) is 0. The average Bonchev–Trinajstić information content (AvgIpc) is 2.17. The minimum Gasteiger partial charge on any atom is -0.0867 e. The Labute approximate surface area is 87.1 Å². The topological polar surface area (TPSA) is 0 Å². The Hall–Kier alpha value is -0.210. The summed E-state index contributed by atoms with van der Waals surface area (Å²) in [4.78, 5) is 0.970. The largest absolute Gasteiger partial charge is 0.0867 e. The Morgan fingerprint density at radius 2 is 1.92 bits per heavy atom. The molecule has 0 aliphatic heterocycles. The van der Waals surface area contributed by atoms with E-state index >= 15 is 0 Å². The van der Waals surface area contributed by atoms with Crippen molar-refractivity contribution >= 4 is 33.0 Å². The van der Waals surface area contributed by atoms with Crippen LogP contribution in [0.1, 0.15) is 18.1 Å². The molecule has 64 valence electrons. The Morgan fingerprint density at radius 1 is 1.33 bits per heavy atom. The average molecular weight is 243 g/mol. The summed E-state index contributed by atoms with van der Waals surface area (Å²) in [5, 5.41) is 0.772. The lowest BCUT2D eigenvalue weighted by Crippen LogP contribution is -1.97. The molecule has 1 aromatic carbocycles. The lowest BCUT2D eigenvalue weighted by molar-refractivity contribution is 1.14. The second-order valence-corrected chi connectivity index (χ2v) is 3.66. The minimum atomic E-state index is 0.772. The van der Waals surface area contributed by atoms with Gasteiger partial charge in [0.1, 0.15) is 0 Å². The third-order valence-corrected chi connectivity index (χ3v) is 3.12. The second kappa shape index (κ2) is 4.73. The lowest BCUT2D eigenvalue weighted by Gasteiger charge is -2.00. The molecule has 0 N–H and O–H groups in total. The summed E-state index contributed by atoms with van der Waals surface area (Å²) in [6.45, 7) is 2.15. The Morgan fingerprint density at radius 3 is 2.33 bits per heavy atom. The van der Waals surface area contributed by atoms with E-state index in [-0.39, 0.29) is 0 Å². The van der Waals surface area contributed by atoms with E-state index in [9.17, 15) is 0 Å². The normalized spacial score (nSPS) is 9.83. The van der Waals surface area contributed by atoms with Crippen molar-refractivity contribution in [3.8, 4) is 0 Å². The molecular weight excluding hydrogens is 232 g/mol. The quantitative estimate of drug-likeness (QED) is 0.445. The molecule has 0 bridgehead atoms. The van der Waals surface area contributed by atoms with Crippen LogP contribution in [0.3, 0.4) is 0 Å². The van der Waals surface area contributed by atoms with Crippen LogP contribution in [0, 0.1) is 0 Å². The highest BCUT2D eigenvalue weighted by Crippen LogP contribution is 2.07. The number of rotatable bonds is 3. The molecule has 0 atom stereocenters. The fourth-order valence-corrected chi connectivity index (χ4v) is 1.46. The molecule has 0 fully saturated rings. The van der Waals surface area contributed by atoms with E-state index in [1.807, 2.05) is 0 Å². The molecular formula is C10H11BrS. The zero-order valence-electron chi connectivity index (χ0n) is 7.01. The van der Waals surface area contributed by atoms with Gasteiger partial charge in [0.25, 0.3) is 0 Å². The van der Waals surface area contributed by atoms with E-state index in [0.29, 0.717) is 0 Å². The van der Waals surface area contributed by atoms with Crippen molar-refractivity contribution in [3.63, 3.8) is 0 Å². The van der Waals surface area contributed by atoms with Gasteiger partial charge in [-0.1, -0.05) is 59.3 Å². The SMILES string of the molecule is CCc1ccc(C(=S)CBr)cc1. The number of hydrogen-bond acceptors (Lipinski definition) is 1. The van der Waals surface area contributed by atoms with E-state index in [1.165, 1.54) is 5.56 Å². The van der Waals surface area contributed by atoms with Crippen molar-refractivity contribution in [2.75, 3.05) is 5.33 Å². The molecule has 0 aliphatic carbocycles. The molecule has 0 nitrogen and oxygen atoms in total. The van der Waals surface area contributed by atoms with Gasteiger partial charge in [-0.15, -0.1) is 0 Å². The van der Waals surface area contributed by atoms with Gasteiger partial charge in [-0.2, -0.15) is 0 Å². The summed E-state index contributed by atoms with van der Waals surface area (Å²) in [5.41, 5.74) is 2.51. The van der Waals surface area contributed by atoms with E-state index in [1.54, 1.807) is 0 Å². The fourth-order valence-electron chi connectivity index (χ4n) is 1.00. The molecule has 0 saturated heterocycles. The van der Waals surface area contributed by atoms with Crippen LogP contribution < -0.4 is 0 Å². The van der Waals surface area contributed by atoms with Gasteiger partial charge in [-0.3, -0.25) is 0 Å². The van der Waals surface area contributed by atoms with Gasteiger partial charge < -0.3 is 0 Å². The van der Waals surface area contributed by atoms with E-state index in [4.69, 9.17) is 12.2 Å². The third kappa shape index (κ3) is 2.39. The monoisotopic (exact) mass is 242 g/mol. The van der Waals surface area contributed by atoms with Crippen LogP contribution in [0.25, 0.3) is 0 Å². The van der Waals surface area contributed by atoms with Crippen LogP contribution in [-0.4, -0.2) is 10.2 Å². The van der Waals surface area contributed by atoms with Gasteiger partial charge in [-0.25, -0.2) is 0 Å². The van der Waals surface area contributed by atoms with Crippen LogP contribution in [0.4, 0.5) is 0 Å². The van der Waals surface area contributed by atoms with Crippen LogP contribution in [0.5, 0.6) is 0 Å². The molecule has 1 rings (SSSR count). The third-order valence-electron chi connectivity index (χ3n) is 1.81. The highest BCUT2D eigenvalue weighted by atomic mass is 79.9. The van der Waals surface area contributed by atoms with Gasteiger partial charge in [0.15, 0.2) is 0 Å².